The van der Waals surface area contributed by atoms with Crippen molar-refractivity contribution >= 4 is 48.9 Å². The molecule has 0 saturated carbocycles. The Morgan fingerprint density at radius 3 is 2.62 bits per heavy atom. The molecular weight excluding hydrogens is 334 g/mol. The van der Waals surface area contributed by atoms with E-state index >= 15 is 0 Å². The fraction of sp³-hybridized carbons (Fsp3) is 0.556. The molecule has 0 N–H and O–H groups in total. The van der Waals surface area contributed by atoms with Gasteiger partial charge in [-0.3, -0.25) is 0 Å². The van der Waals surface area contributed by atoms with Gasteiger partial charge in [-0.2, -0.15) is 4.31 Å². The molecule has 0 radical (unpaired) electrons. The second kappa shape index (κ2) is 6.35. The van der Waals surface area contributed by atoms with E-state index in [0.29, 0.717) is 27.7 Å². The van der Waals surface area contributed by atoms with Gasteiger partial charge in [-0.15, -0.1) is 22.9 Å². The van der Waals surface area contributed by atoms with Crippen LogP contribution in [-0.2, 0) is 10.0 Å². The summed E-state index contributed by atoms with van der Waals surface area (Å²) in [5.41, 5.74) is 0. The van der Waals surface area contributed by atoms with Gasteiger partial charge in [0.2, 0.25) is 0 Å². The first-order valence-electron chi connectivity index (χ1n) is 4.83. The molecule has 1 aromatic rings. The van der Waals surface area contributed by atoms with Gasteiger partial charge < -0.3 is 0 Å². The van der Waals surface area contributed by atoms with Crippen LogP contribution >= 0.6 is 38.9 Å². The average Bonchev–Trinajstić information content (AvgIpc) is 2.65. The summed E-state index contributed by atoms with van der Waals surface area (Å²) in [4.78, 5) is 0. The maximum absolute atomic E-state index is 12.2. The topological polar surface area (TPSA) is 37.4 Å². The monoisotopic (exact) mass is 345 g/mol. The average molecular weight is 347 g/mol. The molecule has 7 heteroatoms. The number of hydrogen-bond donors (Lipinski definition) is 0. The molecule has 0 aliphatic rings. The number of rotatable bonds is 6. The number of alkyl halides is 1. The second-order valence-electron chi connectivity index (χ2n) is 3.15. The van der Waals surface area contributed by atoms with Crippen molar-refractivity contribution in [2.24, 2.45) is 0 Å². The minimum absolute atomic E-state index is 0.308. The largest absolute Gasteiger partial charge is 0.253 e. The molecule has 1 heterocycles. The Morgan fingerprint density at radius 1 is 1.50 bits per heavy atom. The number of hydrogen-bond acceptors (Lipinski definition) is 3. The van der Waals surface area contributed by atoms with Crippen LogP contribution in [0.4, 0.5) is 0 Å². The maximum Gasteiger partial charge on any atom is 0.253 e. The highest BCUT2D eigenvalue weighted by Crippen LogP contribution is 2.30. The lowest BCUT2D eigenvalue weighted by molar-refractivity contribution is 0.430. The predicted molar refractivity (Wildman–Crippen MR) is 71.8 cm³/mol. The molecule has 3 nitrogen and oxygen atoms in total. The van der Waals surface area contributed by atoms with Gasteiger partial charge in [0.1, 0.15) is 4.21 Å². The Hall–Kier alpha value is 0.380. The quantitative estimate of drug-likeness (QED) is 0.742. The highest BCUT2D eigenvalue weighted by Gasteiger charge is 2.26. The van der Waals surface area contributed by atoms with E-state index in [1.807, 2.05) is 6.92 Å². The molecule has 0 spiro atoms. The molecular formula is C9H13BrClNO2S2. The molecule has 0 bridgehead atoms. The van der Waals surface area contributed by atoms with Crippen molar-refractivity contribution in [1.29, 1.82) is 0 Å². The normalized spacial score (nSPS) is 12.2. The van der Waals surface area contributed by atoms with E-state index in [2.05, 4.69) is 15.9 Å². The van der Waals surface area contributed by atoms with E-state index in [0.717, 1.165) is 6.42 Å². The van der Waals surface area contributed by atoms with E-state index in [-0.39, 0.29) is 0 Å². The van der Waals surface area contributed by atoms with Gasteiger partial charge in [-0.05, 0) is 33.8 Å². The van der Waals surface area contributed by atoms with Gasteiger partial charge >= 0.3 is 0 Å². The summed E-state index contributed by atoms with van der Waals surface area (Å²) >= 11 is 10.1. The Bertz CT molecular complexity index is 426. The second-order valence-corrected chi connectivity index (χ2v) is 7.43. The van der Waals surface area contributed by atoms with Crippen molar-refractivity contribution in [2.75, 3.05) is 19.0 Å². The molecule has 0 aliphatic carbocycles. The Labute approximate surface area is 114 Å². The van der Waals surface area contributed by atoms with E-state index in [4.69, 9.17) is 11.6 Å². The van der Waals surface area contributed by atoms with Crippen LogP contribution in [0.5, 0.6) is 0 Å². The molecule has 0 amide bonds. The Kier molecular flexibility index (Phi) is 5.73. The fourth-order valence-corrected chi connectivity index (χ4v) is 5.56. The summed E-state index contributed by atoms with van der Waals surface area (Å²) in [6.45, 7) is 2.79. The van der Waals surface area contributed by atoms with Gasteiger partial charge in [-0.25, -0.2) is 8.42 Å². The zero-order chi connectivity index (χ0) is 12.2. The molecule has 0 aliphatic heterocycles. The maximum atomic E-state index is 12.2. The number of sulfonamides is 1. The van der Waals surface area contributed by atoms with Crippen molar-refractivity contribution < 1.29 is 8.42 Å². The molecule has 16 heavy (non-hydrogen) atoms. The Balaban J connectivity index is 3.03. The minimum atomic E-state index is -3.39. The van der Waals surface area contributed by atoms with E-state index in [1.54, 1.807) is 11.4 Å². The third-order valence-corrected chi connectivity index (χ3v) is 6.68. The summed E-state index contributed by atoms with van der Waals surface area (Å²) in [6.07, 6.45) is 0.777. The third kappa shape index (κ3) is 3.20. The van der Waals surface area contributed by atoms with Crippen LogP contribution in [0.2, 0.25) is 0 Å². The standard InChI is InChI=1S/C9H13BrClNO2S2/c1-2-5-12(6-4-11)16(13,14)9-8(10)3-7-15-9/h3,7H,2,4-6H2,1H3. The molecule has 0 aromatic carbocycles. The van der Waals surface area contributed by atoms with Gasteiger partial charge in [-0.1, -0.05) is 6.92 Å². The number of halogens is 2. The molecule has 0 atom stereocenters. The lowest BCUT2D eigenvalue weighted by Gasteiger charge is -2.19. The molecule has 0 saturated heterocycles. The first kappa shape index (κ1) is 14.4. The van der Waals surface area contributed by atoms with Crippen LogP contribution in [0.15, 0.2) is 20.1 Å². The smallest absolute Gasteiger partial charge is 0.206 e. The van der Waals surface area contributed by atoms with Gasteiger partial charge in [0.15, 0.2) is 0 Å². The van der Waals surface area contributed by atoms with Crippen molar-refractivity contribution in [3.8, 4) is 0 Å². The highest BCUT2D eigenvalue weighted by atomic mass is 79.9. The van der Waals surface area contributed by atoms with Crippen molar-refractivity contribution in [3.05, 3.63) is 15.9 Å². The lowest BCUT2D eigenvalue weighted by atomic mass is 10.5. The fourth-order valence-electron chi connectivity index (χ4n) is 1.28. The van der Waals surface area contributed by atoms with Gasteiger partial charge in [0.25, 0.3) is 10.0 Å². The molecule has 1 aromatic heterocycles. The number of nitrogens with zero attached hydrogens (tertiary/aromatic N) is 1. The van der Waals surface area contributed by atoms with E-state index in [9.17, 15) is 8.42 Å². The van der Waals surface area contributed by atoms with E-state index in [1.165, 1.54) is 15.6 Å². The number of thiophene rings is 1. The summed E-state index contributed by atoms with van der Waals surface area (Å²) in [6, 6.07) is 1.74. The van der Waals surface area contributed by atoms with Crippen LogP contribution in [0.3, 0.4) is 0 Å². The van der Waals surface area contributed by atoms with Gasteiger partial charge in [0.05, 0.1) is 0 Å². The van der Waals surface area contributed by atoms with Crippen LogP contribution in [0.25, 0.3) is 0 Å². The molecule has 92 valence electrons. The molecule has 0 fully saturated rings. The van der Waals surface area contributed by atoms with Crippen molar-refractivity contribution in [2.45, 2.75) is 17.6 Å². The predicted octanol–water partition coefficient (Wildman–Crippen LogP) is 3.15. The van der Waals surface area contributed by atoms with Gasteiger partial charge in [0, 0.05) is 23.4 Å². The molecule has 1 rings (SSSR count). The van der Waals surface area contributed by atoms with E-state index < -0.39 is 10.0 Å². The Morgan fingerprint density at radius 2 is 2.19 bits per heavy atom. The summed E-state index contributed by atoms with van der Waals surface area (Å²) in [5.74, 6) is 0.308. The van der Waals surface area contributed by atoms with Crippen molar-refractivity contribution in [1.82, 2.24) is 4.31 Å². The van der Waals surface area contributed by atoms with Crippen molar-refractivity contribution in [3.63, 3.8) is 0 Å². The first-order valence-corrected chi connectivity index (χ1v) is 8.47. The van der Waals surface area contributed by atoms with Crippen LogP contribution in [-0.4, -0.2) is 31.7 Å². The lowest BCUT2D eigenvalue weighted by Crippen LogP contribution is -2.33. The zero-order valence-electron chi connectivity index (χ0n) is 8.82. The highest BCUT2D eigenvalue weighted by molar-refractivity contribution is 9.10. The zero-order valence-corrected chi connectivity index (χ0v) is 12.8. The minimum Gasteiger partial charge on any atom is -0.206 e. The summed E-state index contributed by atoms with van der Waals surface area (Å²) in [7, 11) is -3.39. The molecule has 0 unspecified atom stereocenters. The van der Waals surface area contributed by atoms with Crippen LogP contribution < -0.4 is 0 Å². The summed E-state index contributed by atoms with van der Waals surface area (Å²) in [5, 5.41) is 1.75. The summed E-state index contributed by atoms with van der Waals surface area (Å²) < 4.78 is 26.9. The first-order chi connectivity index (χ1) is 7.54. The van der Waals surface area contributed by atoms with Crippen LogP contribution in [0.1, 0.15) is 13.3 Å². The SMILES string of the molecule is CCCN(CCCl)S(=O)(=O)c1sccc1Br. The third-order valence-electron chi connectivity index (χ3n) is 1.97. The van der Waals surface area contributed by atoms with Crippen LogP contribution in [0, 0.1) is 0 Å².